The standard InChI is InChI=1S/C16H25N3O4/c1-12(14-8-3-4-9-15(14)19(21)22)11-23-16(20)18-13(2)7-5-6-10-17/h3-4,8-9,12-13H,5-7,10-11,17H2,1-2H3,(H,18,20)/t12?,13-/m1/s1. The molecule has 0 fully saturated rings. The molecule has 0 saturated heterocycles. The van der Waals surface area contributed by atoms with Crippen LogP contribution in [0.5, 0.6) is 0 Å². The fourth-order valence-electron chi connectivity index (χ4n) is 2.27. The normalized spacial score (nSPS) is 13.2. The van der Waals surface area contributed by atoms with Crippen molar-refractivity contribution in [3.8, 4) is 0 Å². The Hall–Kier alpha value is -2.15. The van der Waals surface area contributed by atoms with Crippen LogP contribution in [0.25, 0.3) is 0 Å². The molecular weight excluding hydrogens is 298 g/mol. The summed E-state index contributed by atoms with van der Waals surface area (Å²) in [5, 5.41) is 13.8. The molecule has 0 radical (unpaired) electrons. The predicted octanol–water partition coefficient (Wildman–Crippen LogP) is 2.94. The number of benzene rings is 1. The molecule has 3 N–H and O–H groups in total. The number of nitro benzene ring substituents is 1. The van der Waals surface area contributed by atoms with Gasteiger partial charge in [-0.2, -0.15) is 0 Å². The zero-order valence-corrected chi connectivity index (χ0v) is 13.7. The number of ether oxygens (including phenoxy) is 1. The molecule has 1 aromatic rings. The van der Waals surface area contributed by atoms with Crippen molar-refractivity contribution >= 4 is 11.8 Å². The highest BCUT2D eigenvalue weighted by Crippen LogP contribution is 2.26. The Balaban J connectivity index is 2.45. The average molecular weight is 323 g/mol. The summed E-state index contributed by atoms with van der Waals surface area (Å²) in [4.78, 5) is 22.3. The largest absolute Gasteiger partial charge is 0.449 e. The van der Waals surface area contributed by atoms with Crippen molar-refractivity contribution in [2.75, 3.05) is 13.2 Å². The lowest BCUT2D eigenvalue weighted by Gasteiger charge is -2.16. The first kappa shape index (κ1) is 18.9. The molecule has 1 unspecified atom stereocenters. The topological polar surface area (TPSA) is 107 Å². The van der Waals surface area contributed by atoms with Crippen LogP contribution in [0.1, 0.15) is 44.6 Å². The first-order valence-corrected chi connectivity index (χ1v) is 7.82. The first-order valence-electron chi connectivity index (χ1n) is 7.82. The number of amides is 1. The van der Waals surface area contributed by atoms with E-state index in [4.69, 9.17) is 10.5 Å². The number of nitro groups is 1. The third-order valence-corrected chi connectivity index (χ3v) is 3.58. The second-order valence-electron chi connectivity index (χ2n) is 5.65. The smallest absolute Gasteiger partial charge is 0.407 e. The maximum absolute atomic E-state index is 11.7. The van der Waals surface area contributed by atoms with E-state index >= 15 is 0 Å². The number of carbonyl (C=O) groups excluding carboxylic acids is 1. The number of para-hydroxylation sites is 1. The Morgan fingerprint density at radius 1 is 1.35 bits per heavy atom. The third kappa shape index (κ3) is 6.65. The second-order valence-corrected chi connectivity index (χ2v) is 5.65. The van der Waals surface area contributed by atoms with Gasteiger partial charge in [0.15, 0.2) is 0 Å². The van der Waals surface area contributed by atoms with Crippen LogP contribution in [0.3, 0.4) is 0 Å². The van der Waals surface area contributed by atoms with Crippen LogP contribution in [0.2, 0.25) is 0 Å². The number of rotatable bonds is 9. The maximum Gasteiger partial charge on any atom is 0.407 e. The van der Waals surface area contributed by atoms with E-state index in [-0.39, 0.29) is 24.3 Å². The summed E-state index contributed by atoms with van der Waals surface area (Å²) in [6.07, 6.45) is 2.21. The lowest BCUT2D eigenvalue weighted by atomic mass is 10.0. The van der Waals surface area contributed by atoms with Crippen LogP contribution in [0, 0.1) is 10.1 Å². The fourth-order valence-corrected chi connectivity index (χ4v) is 2.27. The molecule has 0 saturated carbocycles. The van der Waals surface area contributed by atoms with Crippen LogP contribution in [0.4, 0.5) is 10.5 Å². The quantitative estimate of drug-likeness (QED) is 0.413. The minimum atomic E-state index is -0.504. The highest BCUT2D eigenvalue weighted by molar-refractivity contribution is 5.67. The van der Waals surface area contributed by atoms with Crippen LogP contribution in [-0.2, 0) is 4.74 Å². The van der Waals surface area contributed by atoms with Gasteiger partial charge in [0.05, 0.1) is 4.92 Å². The zero-order valence-electron chi connectivity index (χ0n) is 13.7. The van der Waals surface area contributed by atoms with Gasteiger partial charge in [0.2, 0.25) is 0 Å². The van der Waals surface area contributed by atoms with Crippen molar-refractivity contribution in [1.29, 1.82) is 0 Å². The molecule has 0 spiro atoms. The molecular formula is C16H25N3O4. The monoisotopic (exact) mass is 323 g/mol. The summed E-state index contributed by atoms with van der Waals surface area (Å²) < 4.78 is 5.17. The number of hydrogen-bond donors (Lipinski definition) is 2. The summed E-state index contributed by atoms with van der Waals surface area (Å²) in [7, 11) is 0. The third-order valence-electron chi connectivity index (χ3n) is 3.58. The van der Waals surface area contributed by atoms with Crippen LogP contribution >= 0.6 is 0 Å². The highest BCUT2D eigenvalue weighted by atomic mass is 16.6. The van der Waals surface area contributed by atoms with E-state index in [0.29, 0.717) is 12.1 Å². The van der Waals surface area contributed by atoms with E-state index in [0.717, 1.165) is 19.3 Å². The molecule has 1 aromatic carbocycles. The second kappa shape index (κ2) is 9.78. The molecule has 2 atom stereocenters. The molecule has 0 aliphatic rings. The summed E-state index contributed by atoms with van der Waals surface area (Å²) in [6, 6.07) is 6.49. The van der Waals surface area contributed by atoms with Gasteiger partial charge < -0.3 is 15.8 Å². The van der Waals surface area contributed by atoms with Gasteiger partial charge in [-0.25, -0.2) is 4.79 Å². The Kier molecular flexibility index (Phi) is 8.04. The number of nitrogens with zero attached hydrogens (tertiary/aromatic N) is 1. The number of alkyl carbamates (subject to hydrolysis) is 1. The SMILES string of the molecule is CC(COC(=O)N[C@H](C)CCCCN)c1ccccc1[N+](=O)[O-]. The van der Waals surface area contributed by atoms with Gasteiger partial charge >= 0.3 is 6.09 Å². The van der Waals surface area contributed by atoms with Gasteiger partial charge in [-0.1, -0.05) is 31.5 Å². The molecule has 1 rings (SSSR count). The molecule has 0 bridgehead atoms. The molecule has 7 heteroatoms. The Bertz CT molecular complexity index is 522. The lowest BCUT2D eigenvalue weighted by Crippen LogP contribution is -2.33. The van der Waals surface area contributed by atoms with E-state index in [1.54, 1.807) is 25.1 Å². The van der Waals surface area contributed by atoms with Gasteiger partial charge in [0.1, 0.15) is 6.61 Å². The minimum Gasteiger partial charge on any atom is -0.449 e. The molecule has 0 heterocycles. The van der Waals surface area contributed by atoms with Crippen molar-refractivity contribution in [3.63, 3.8) is 0 Å². The van der Waals surface area contributed by atoms with Crippen molar-refractivity contribution in [3.05, 3.63) is 39.9 Å². The highest BCUT2D eigenvalue weighted by Gasteiger charge is 2.19. The van der Waals surface area contributed by atoms with Crippen molar-refractivity contribution in [1.82, 2.24) is 5.32 Å². The van der Waals surface area contributed by atoms with Crippen molar-refractivity contribution in [2.24, 2.45) is 5.73 Å². The van der Waals surface area contributed by atoms with Crippen molar-refractivity contribution < 1.29 is 14.5 Å². The molecule has 0 aromatic heterocycles. The van der Waals surface area contributed by atoms with Gasteiger partial charge in [-0.3, -0.25) is 10.1 Å². The van der Waals surface area contributed by atoms with Crippen LogP contribution < -0.4 is 11.1 Å². The number of carbonyl (C=O) groups is 1. The summed E-state index contributed by atoms with van der Waals surface area (Å²) in [6.45, 7) is 4.43. The minimum absolute atomic E-state index is 0.00965. The van der Waals surface area contributed by atoms with Crippen LogP contribution in [-0.4, -0.2) is 30.2 Å². The van der Waals surface area contributed by atoms with Gasteiger partial charge in [0.25, 0.3) is 5.69 Å². The molecule has 0 aliphatic carbocycles. The first-order chi connectivity index (χ1) is 11.0. The summed E-state index contributed by atoms with van der Waals surface area (Å²) in [5.74, 6) is -0.255. The van der Waals surface area contributed by atoms with Gasteiger partial charge in [-0.15, -0.1) is 0 Å². The Labute approximate surface area is 136 Å². The molecule has 0 aliphatic heterocycles. The molecule has 7 nitrogen and oxygen atoms in total. The van der Waals surface area contributed by atoms with Crippen molar-refractivity contribution in [2.45, 2.75) is 45.1 Å². The average Bonchev–Trinajstić information content (AvgIpc) is 2.52. The Morgan fingerprint density at radius 2 is 2.04 bits per heavy atom. The van der Waals surface area contributed by atoms with Crippen LogP contribution in [0.15, 0.2) is 24.3 Å². The summed E-state index contributed by atoms with van der Waals surface area (Å²) >= 11 is 0. The lowest BCUT2D eigenvalue weighted by molar-refractivity contribution is -0.385. The predicted molar refractivity (Wildman–Crippen MR) is 88.4 cm³/mol. The number of unbranched alkanes of at least 4 members (excludes halogenated alkanes) is 1. The fraction of sp³-hybridized carbons (Fsp3) is 0.562. The number of hydrogen-bond acceptors (Lipinski definition) is 5. The zero-order chi connectivity index (χ0) is 17.2. The van der Waals surface area contributed by atoms with E-state index in [1.807, 2.05) is 6.92 Å². The number of nitrogens with two attached hydrogens (primary N) is 1. The van der Waals surface area contributed by atoms with Gasteiger partial charge in [0, 0.05) is 23.6 Å². The van der Waals surface area contributed by atoms with E-state index in [2.05, 4.69) is 5.32 Å². The van der Waals surface area contributed by atoms with Gasteiger partial charge in [-0.05, 0) is 26.3 Å². The van der Waals surface area contributed by atoms with E-state index < -0.39 is 11.0 Å². The molecule has 128 valence electrons. The summed E-state index contributed by atoms with van der Waals surface area (Å²) in [5.41, 5.74) is 6.02. The number of nitrogens with one attached hydrogen (secondary N) is 1. The van der Waals surface area contributed by atoms with E-state index in [9.17, 15) is 14.9 Å². The molecule has 1 amide bonds. The van der Waals surface area contributed by atoms with E-state index in [1.165, 1.54) is 6.07 Å². The maximum atomic E-state index is 11.7. The Morgan fingerprint density at radius 3 is 2.70 bits per heavy atom. The molecule has 23 heavy (non-hydrogen) atoms.